The van der Waals surface area contributed by atoms with Crippen molar-refractivity contribution in [2.75, 3.05) is 11.9 Å². The first-order chi connectivity index (χ1) is 7.78. The van der Waals surface area contributed by atoms with Crippen molar-refractivity contribution in [2.45, 2.75) is 6.18 Å². The summed E-state index contributed by atoms with van der Waals surface area (Å²) in [5, 5.41) is 3.58. The molecule has 0 spiro atoms. The minimum absolute atomic E-state index is 0.115. The first-order valence-electron chi connectivity index (χ1n) is 4.34. The molecular formula is C9H7ClF4N2O. The monoisotopic (exact) mass is 270 g/mol. The van der Waals surface area contributed by atoms with Gasteiger partial charge < -0.3 is 10.6 Å². The average molecular weight is 271 g/mol. The number of halogens is 5. The SMILES string of the molecule is O=C(NCC(F)(F)F)Nc1ccc(Cl)cc1F. The number of hydrogen-bond donors (Lipinski definition) is 2. The molecule has 1 aromatic carbocycles. The van der Waals surface area contributed by atoms with Gasteiger partial charge in [0.25, 0.3) is 0 Å². The fourth-order valence-electron chi connectivity index (χ4n) is 0.938. The van der Waals surface area contributed by atoms with Crippen LogP contribution in [0.15, 0.2) is 18.2 Å². The molecule has 0 unspecified atom stereocenters. The van der Waals surface area contributed by atoms with Gasteiger partial charge in [-0.25, -0.2) is 9.18 Å². The molecule has 0 aliphatic rings. The highest BCUT2D eigenvalue weighted by Gasteiger charge is 2.27. The predicted molar refractivity (Wildman–Crippen MR) is 54.5 cm³/mol. The van der Waals surface area contributed by atoms with Crippen LogP contribution >= 0.6 is 11.6 Å². The third kappa shape index (κ3) is 4.90. The highest BCUT2D eigenvalue weighted by Crippen LogP contribution is 2.18. The van der Waals surface area contributed by atoms with Crippen molar-refractivity contribution in [3.8, 4) is 0 Å². The summed E-state index contributed by atoms with van der Waals surface area (Å²) in [5.74, 6) is -0.834. The number of carbonyl (C=O) groups excluding carboxylic acids is 1. The maximum Gasteiger partial charge on any atom is 0.405 e. The molecule has 2 N–H and O–H groups in total. The molecule has 17 heavy (non-hydrogen) atoms. The molecule has 0 aromatic heterocycles. The van der Waals surface area contributed by atoms with Gasteiger partial charge in [-0.15, -0.1) is 0 Å². The molecule has 0 saturated carbocycles. The summed E-state index contributed by atoms with van der Waals surface area (Å²) in [6, 6.07) is 2.22. The number of benzene rings is 1. The molecule has 1 rings (SSSR count). The molecule has 94 valence electrons. The van der Waals surface area contributed by atoms with Crippen LogP contribution in [0.25, 0.3) is 0 Å². The largest absolute Gasteiger partial charge is 0.405 e. The van der Waals surface area contributed by atoms with Crippen LogP contribution in [0.5, 0.6) is 0 Å². The second-order valence-corrected chi connectivity index (χ2v) is 3.48. The Kier molecular flexibility index (Phi) is 4.17. The maximum absolute atomic E-state index is 13.1. The Morgan fingerprint density at radius 2 is 2.00 bits per heavy atom. The van der Waals surface area contributed by atoms with Crippen LogP contribution in [-0.4, -0.2) is 18.8 Å². The fourth-order valence-corrected chi connectivity index (χ4v) is 1.10. The van der Waals surface area contributed by atoms with Crippen LogP contribution in [0.4, 0.5) is 28.0 Å². The summed E-state index contributed by atoms with van der Waals surface area (Å²) in [4.78, 5) is 11.0. The normalized spacial score (nSPS) is 11.1. The summed E-state index contributed by atoms with van der Waals surface area (Å²) in [6.45, 7) is -1.49. The molecule has 0 saturated heterocycles. The predicted octanol–water partition coefficient (Wildman–Crippen LogP) is 3.16. The number of anilines is 1. The van der Waals surface area contributed by atoms with Crippen LogP contribution in [0.3, 0.4) is 0 Å². The Balaban J connectivity index is 2.57. The summed E-state index contributed by atoms with van der Waals surface area (Å²) >= 11 is 5.46. The standard InChI is InChI=1S/C9H7ClF4N2O/c10-5-1-2-7(6(11)3-5)16-8(17)15-4-9(12,13)14/h1-3H,4H2,(H2,15,16,17). The number of urea groups is 1. The minimum Gasteiger partial charge on any atom is -0.329 e. The molecule has 0 radical (unpaired) electrons. The van der Waals surface area contributed by atoms with E-state index in [0.717, 1.165) is 12.1 Å². The summed E-state index contributed by atoms with van der Waals surface area (Å²) in [6.07, 6.45) is -4.52. The van der Waals surface area contributed by atoms with E-state index in [2.05, 4.69) is 0 Å². The van der Waals surface area contributed by atoms with E-state index < -0.39 is 24.6 Å². The van der Waals surface area contributed by atoms with Crippen molar-refractivity contribution in [3.05, 3.63) is 29.0 Å². The van der Waals surface area contributed by atoms with Crippen LogP contribution in [0, 0.1) is 5.82 Å². The van der Waals surface area contributed by atoms with Gasteiger partial charge in [0, 0.05) is 5.02 Å². The van der Waals surface area contributed by atoms with Gasteiger partial charge in [-0.2, -0.15) is 13.2 Å². The molecule has 0 bridgehead atoms. The van der Waals surface area contributed by atoms with E-state index in [0.29, 0.717) is 0 Å². The quantitative estimate of drug-likeness (QED) is 0.796. The third-order valence-electron chi connectivity index (χ3n) is 1.63. The zero-order valence-electron chi connectivity index (χ0n) is 8.24. The maximum atomic E-state index is 13.1. The second-order valence-electron chi connectivity index (χ2n) is 3.05. The summed E-state index contributed by atoms with van der Waals surface area (Å²) in [5.41, 5.74) is -0.255. The first-order valence-corrected chi connectivity index (χ1v) is 4.72. The number of carbonyl (C=O) groups is 1. The molecule has 2 amide bonds. The zero-order chi connectivity index (χ0) is 13.1. The number of amides is 2. The van der Waals surface area contributed by atoms with Crippen molar-refractivity contribution >= 4 is 23.3 Å². The van der Waals surface area contributed by atoms with Crippen LogP contribution in [-0.2, 0) is 0 Å². The van der Waals surface area contributed by atoms with E-state index in [4.69, 9.17) is 11.6 Å². The molecule has 8 heteroatoms. The Hall–Kier alpha value is -1.50. The van der Waals surface area contributed by atoms with Crippen molar-refractivity contribution < 1.29 is 22.4 Å². The van der Waals surface area contributed by atoms with Crippen LogP contribution in [0.1, 0.15) is 0 Å². The molecule has 0 aliphatic carbocycles. The van der Waals surface area contributed by atoms with E-state index in [9.17, 15) is 22.4 Å². The van der Waals surface area contributed by atoms with E-state index in [-0.39, 0.29) is 10.7 Å². The number of hydrogen-bond acceptors (Lipinski definition) is 1. The average Bonchev–Trinajstić information content (AvgIpc) is 2.18. The van der Waals surface area contributed by atoms with Crippen molar-refractivity contribution in [2.24, 2.45) is 0 Å². The van der Waals surface area contributed by atoms with Crippen molar-refractivity contribution in [1.82, 2.24) is 5.32 Å². The lowest BCUT2D eigenvalue weighted by atomic mass is 10.3. The van der Waals surface area contributed by atoms with Gasteiger partial charge in [0.1, 0.15) is 12.4 Å². The number of nitrogens with one attached hydrogen (secondary N) is 2. The van der Waals surface area contributed by atoms with Gasteiger partial charge in [0.2, 0.25) is 0 Å². The molecule has 0 heterocycles. The van der Waals surface area contributed by atoms with Gasteiger partial charge >= 0.3 is 12.2 Å². The molecule has 3 nitrogen and oxygen atoms in total. The highest BCUT2D eigenvalue weighted by molar-refractivity contribution is 6.30. The lowest BCUT2D eigenvalue weighted by molar-refractivity contribution is -0.122. The third-order valence-corrected chi connectivity index (χ3v) is 1.86. The second kappa shape index (κ2) is 5.22. The Labute approximate surface area is 98.8 Å². The van der Waals surface area contributed by atoms with Gasteiger partial charge in [0.15, 0.2) is 0 Å². The smallest absolute Gasteiger partial charge is 0.329 e. The number of rotatable bonds is 2. The Morgan fingerprint density at radius 3 is 2.53 bits per heavy atom. The zero-order valence-corrected chi connectivity index (χ0v) is 8.99. The van der Waals surface area contributed by atoms with Crippen molar-refractivity contribution in [3.63, 3.8) is 0 Å². The topological polar surface area (TPSA) is 41.1 Å². The molecule has 0 atom stereocenters. The van der Waals surface area contributed by atoms with E-state index in [1.54, 1.807) is 0 Å². The molecule has 1 aromatic rings. The van der Waals surface area contributed by atoms with Gasteiger partial charge in [0.05, 0.1) is 5.69 Å². The van der Waals surface area contributed by atoms with E-state index >= 15 is 0 Å². The first kappa shape index (κ1) is 13.6. The Bertz CT molecular complexity index is 422. The summed E-state index contributed by atoms with van der Waals surface area (Å²) in [7, 11) is 0. The van der Waals surface area contributed by atoms with E-state index in [1.807, 2.05) is 5.32 Å². The van der Waals surface area contributed by atoms with Gasteiger partial charge in [-0.1, -0.05) is 11.6 Å². The minimum atomic E-state index is -4.52. The van der Waals surface area contributed by atoms with E-state index in [1.165, 1.54) is 11.4 Å². The highest BCUT2D eigenvalue weighted by atomic mass is 35.5. The molecule has 0 aliphatic heterocycles. The van der Waals surface area contributed by atoms with Crippen molar-refractivity contribution in [1.29, 1.82) is 0 Å². The molecule has 0 fully saturated rings. The number of alkyl halides is 3. The molecular weight excluding hydrogens is 264 g/mol. The Morgan fingerprint density at radius 1 is 1.35 bits per heavy atom. The van der Waals surface area contributed by atoms with Gasteiger partial charge in [-0.3, -0.25) is 0 Å². The van der Waals surface area contributed by atoms with Crippen LogP contribution in [0.2, 0.25) is 5.02 Å². The van der Waals surface area contributed by atoms with Crippen LogP contribution < -0.4 is 10.6 Å². The fraction of sp³-hybridized carbons (Fsp3) is 0.222. The van der Waals surface area contributed by atoms with Gasteiger partial charge in [-0.05, 0) is 18.2 Å². The lowest BCUT2D eigenvalue weighted by Gasteiger charge is -2.10. The lowest BCUT2D eigenvalue weighted by Crippen LogP contribution is -2.36. The summed E-state index contributed by atoms with van der Waals surface area (Å²) < 4.78 is 48.4.